The number of phenols is 1. The minimum Gasteiger partial charge on any atom is -0.508 e. The summed E-state index contributed by atoms with van der Waals surface area (Å²) in [6.45, 7) is 0.881. The summed E-state index contributed by atoms with van der Waals surface area (Å²) in [6, 6.07) is 3.25. The monoisotopic (exact) mass is 348 g/mol. The number of aromatic nitrogens is 1. The number of hydrogen-bond acceptors (Lipinski definition) is 4. The van der Waals surface area contributed by atoms with Crippen molar-refractivity contribution in [3.05, 3.63) is 30.0 Å². The van der Waals surface area contributed by atoms with E-state index in [0.717, 1.165) is 4.90 Å². The second-order valence-electron chi connectivity index (χ2n) is 6.16. The normalized spacial score (nSPS) is 20.2. The van der Waals surface area contributed by atoms with Gasteiger partial charge in [-0.25, -0.2) is 9.18 Å². The molecule has 0 radical (unpaired) electrons. The Labute approximate surface area is 142 Å². The highest BCUT2D eigenvalue weighted by molar-refractivity contribution is 6.07. The molecule has 1 aliphatic rings. The van der Waals surface area contributed by atoms with Crippen LogP contribution in [0.5, 0.6) is 5.75 Å². The lowest BCUT2D eigenvalue weighted by Gasteiger charge is -2.21. The second kappa shape index (κ2) is 6.19. The lowest BCUT2D eigenvalue weighted by Crippen LogP contribution is -2.42. The fourth-order valence-corrected chi connectivity index (χ4v) is 3.22. The van der Waals surface area contributed by atoms with E-state index >= 15 is 0 Å². The third kappa shape index (κ3) is 3.07. The second-order valence-corrected chi connectivity index (χ2v) is 6.16. The predicted octanol–water partition coefficient (Wildman–Crippen LogP) is 1.57. The number of amides is 1. The zero-order valence-corrected chi connectivity index (χ0v) is 13.5. The number of carbonyl (C=O) groups is 3. The molecule has 0 spiro atoms. The van der Waals surface area contributed by atoms with Crippen LogP contribution in [0.3, 0.4) is 0 Å². The van der Waals surface area contributed by atoms with Crippen molar-refractivity contribution in [1.29, 1.82) is 0 Å². The van der Waals surface area contributed by atoms with Gasteiger partial charge in [-0.15, -0.1) is 0 Å². The molecule has 0 saturated carbocycles. The third-order valence-corrected chi connectivity index (χ3v) is 4.41. The maximum Gasteiger partial charge on any atom is 0.326 e. The van der Waals surface area contributed by atoms with Crippen molar-refractivity contribution in [2.24, 2.45) is 0 Å². The topological polar surface area (TPSA) is 99.8 Å². The number of hydrogen-bond donors (Lipinski definition) is 2. The van der Waals surface area contributed by atoms with Gasteiger partial charge in [0.2, 0.25) is 5.91 Å². The zero-order valence-electron chi connectivity index (χ0n) is 13.5. The van der Waals surface area contributed by atoms with Crippen LogP contribution in [0.4, 0.5) is 4.39 Å². The van der Waals surface area contributed by atoms with Crippen molar-refractivity contribution < 1.29 is 29.0 Å². The Morgan fingerprint density at radius 3 is 2.68 bits per heavy atom. The van der Waals surface area contributed by atoms with E-state index in [-0.39, 0.29) is 31.0 Å². The Morgan fingerprint density at radius 2 is 2.04 bits per heavy atom. The van der Waals surface area contributed by atoms with Gasteiger partial charge in [-0.3, -0.25) is 9.59 Å². The van der Waals surface area contributed by atoms with Crippen molar-refractivity contribution in [3.8, 4) is 5.75 Å². The summed E-state index contributed by atoms with van der Waals surface area (Å²) in [5.41, 5.74) is 0.865. The van der Waals surface area contributed by atoms with Crippen LogP contribution >= 0.6 is 0 Å². The van der Waals surface area contributed by atoms with E-state index in [1.807, 2.05) is 0 Å². The summed E-state index contributed by atoms with van der Waals surface area (Å²) < 4.78 is 15.0. The van der Waals surface area contributed by atoms with Crippen LogP contribution in [-0.4, -0.2) is 56.1 Å². The molecule has 25 heavy (non-hydrogen) atoms. The number of aliphatic carboxylic acids is 1. The largest absolute Gasteiger partial charge is 0.508 e. The Balaban J connectivity index is 1.95. The van der Waals surface area contributed by atoms with Crippen LogP contribution in [0.2, 0.25) is 0 Å². The molecule has 1 amide bonds. The maximum atomic E-state index is 13.6. The number of likely N-dealkylation sites (tertiary alicyclic amines) is 1. The van der Waals surface area contributed by atoms with Gasteiger partial charge in [-0.05, 0) is 19.1 Å². The SMILES string of the molecule is CC(=O)c1cn(CC(=O)N2C[C@H](F)C[C@H]2C(=O)O)c2cc(O)ccc12. The summed E-state index contributed by atoms with van der Waals surface area (Å²) in [7, 11) is 0. The van der Waals surface area contributed by atoms with E-state index in [0.29, 0.717) is 16.5 Å². The molecular weight excluding hydrogens is 331 g/mol. The van der Waals surface area contributed by atoms with Gasteiger partial charge in [0, 0.05) is 29.6 Å². The zero-order chi connectivity index (χ0) is 18.3. The van der Waals surface area contributed by atoms with Gasteiger partial charge in [0.25, 0.3) is 0 Å². The van der Waals surface area contributed by atoms with Crippen LogP contribution in [0.1, 0.15) is 23.7 Å². The average Bonchev–Trinajstić information content (AvgIpc) is 3.08. The molecule has 1 aliphatic heterocycles. The van der Waals surface area contributed by atoms with Crippen LogP contribution < -0.4 is 0 Å². The highest BCUT2D eigenvalue weighted by Crippen LogP contribution is 2.27. The first kappa shape index (κ1) is 16.9. The first-order valence-corrected chi connectivity index (χ1v) is 7.77. The number of benzene rings is 1. The number of carbonyl (C=O) groups excluding carboxylic acids is 2. The highest BCUT2D eigenvalue weighted by atomic mass is 19.1. The smallest absolute Gasteiger partial charge is 0.326 e. The van der Waals surface area contributed by atoms with Gasteiger partial charge in [-0.1, -0.05) is 0 Å². The Morgan fingerprint density at radius 1 is 1.32 bits per heavy atom. The first-order chi connectivity index (χ1) is 11.8. The van der Waals surface area contributed by atoms with Crippen LogP contribution in [-0.2, 0) is 16.1 Å². The predicted molar refractivity (Wildman–Crippen MR) is 86.3 cm³/mol. The number of rotatable bonds is 4. The fraction of sp³-hybridized carbons (Fsp3) is 0.353. The van der Waals surface area contributed by atoms with Crippen molar-refractivity contribution in [1.82, 2.24) is 9.47 Å². The number of fused-ring (bicyclic) bond motifs is 1. The number of nitrogens with zero attached hydrogens (tertiary/aromatic N) is 2. The quantitative estimate of drug-likeness (QED) is 0.817. The molecule has 1 aromatic carbocycles. The molecule has 2 heterocycles. The molecule has 0 aliphatic carbocycles. The number of alkyl halides is 1. The van der Waals surface area contributed by atoms with E-state index in [2.05, 4.69) is 0 Å². The standard InChI is InChI=1S/C17H17FN2O5/c1-9(21)13-7-19(14-5-11(22)2-3-12(13)14)8-16(23)20-6-10(18)4-15(20)17(24)25/h2-3,5,7,10,15,22H,4,6,8H2,1H3,(H,24,25)/t10-,15+/m1/s1. The Hall–Kier alpha value is -2.90. The lowest BCUT2D eigenvalue weighted by molar-refractivity contribution is -0.148. The van der Waals surface area contributed by atoms with E-state index in [4.69, 9.17) is 5.11 Å². The summed E-state index contributed by atoms with van der Waals surface area (Å²) in [5.74, 6) is -2.02. The summed E-state index contributed by atoms with van der Waals surface area (Å²) in [4.78, 5) is 36.5. The molecule has 7 nitrogen and oxygen atoms in total. The molecule has 0 bridgehead atoms. The van der Waals surface area contributed by atoms with E-state index in [1.54, 1.807) is 6.07 Å². The van der Waals surface area contributed by atoms with E-state index < -0.39 is 24.1 Å². The molecule has 1 saturated heterocycles. The van der Waals surface area contributed by atoms with Gasteiger partial charge in [-0.2, -0.15) is 0 Å². The van der Waals surface area contributed by atoms with Gasteiger partial charge >= 0.3 is 5.97 Å². The number of carboxylic acid groups (broad SMARTS) is 1. The number of phenolic OH excluding ortho intramolecular Hbond substituents is 1. The Kier molecular flexibility index (Phi) is 4.20. The van der Waals surface area contributed by atoms with Gasteiger partial charge < -0.3 is 19.7 Å². The summed E-state index contributed by atoms with van der Waals surface area (Å²) in [5, 5.41) is 19.4. The number of ketones is 1. The lowest BCUT2D eigenvalue weighted by atomic mass is 10.1. The van der Waals surface area contributed by atoms with Crippen molar-refractivity contribution in [3.63, 3.8) is 0 Å². The molecule has 1 aromatic heterocycles. The van der Waals surface area contributed by atoms with Crippen LogP contribution in [0.25, 0.3) is 10.9 Å². The minimum atomic E-state index is -1.37. The molecule has 3 rings (SSSR count). The number of carboxylic acids is 1. The van der Waals surface area contributed by atoms with Gasteiger partial charge in [0.1, 0.15) is 24.5 Å². The minimum absolute atomic E-state index is 0.0252. The maximum absolute atomic E-state index is 13.6. The third-order valence-electron chi connectivity index (χ3n) is 4.41. The molecular formula is C17H17FN2O5. The molecule has 2 N–H and O–H groups in total. The summed E-state index contributed by atoms with van der Waals surface area (Å²) >= 11 is 0. The van der Waals surface area contributed by atoms with Gasteiger partial charge in [0.15, 0.2) is 5.78 Å². The molecule has 2 atom stereocenters. The van der Waals surface area contributed by atoms with Crippen molar-refractivity contribution in [2.45, 2.75) is 32.1 Å². The molecule has 132 valence electrons. The number of halogens is 1. The van der Waals surface area contributed by atoms with Crippen LogP contribution in [0.15, 0.2) is 24.4 Å². The molecule has 1 fully saturated rings. The van der Waals surface area contributed by atoms with Crippen LogP contribution in [0, 0.1) is 0 Å². The van der Waals surface area contributed by atoms with E-state index in [9.17, 15) is 23.9 Å². The summed E-state index contributed by atoms with van der Waals surface area (Å²) in [6.07, 6.45) is -0.112. The molecule has 0 unspecified atom stereocenters. The van der Waals surface area contributed by atoms with Crippen molar-refractivity contribution >= 4 is 28.6 Å². The Bertz CT molecular complexity index is 875. The number of aromatic hydroxyl groups is 1. The van der Waals surface area contributed by atoms with Gasteiger partial charge in [0.05, 0.1) is 12.1 Å². The fourth-order valence-electron chi connectivity index (χ4n) is 3.22. The first-order valence-electron chi connectivity index (χ1n) is 7.77. The molecule has 8 heteroatoms. The molecule has 2 aromatic rings. The van der Waals surface area contributed by atoms with Crippen molar-refractivity contribution in [2.75, 3.05) is 6.54 Å². The van der Waals surface area contributed by atoms with E-state index in [1.165, 1.54) is 29.8 Å². The highest BCUT2D eigenvalue weighted by Gasteiger charge is 2.39. The number of Topliss-reactive ketones (excluding diaryl/α,β-unsaturated/α-hetero) is 1. The average molecular weight is 348 g/mol.